The van der Waals surface area contributed by atoms with Gasteiger partial charge in [-0.1, -0.05) is 127 Å². The Kier molecular flexibility index (Phi) is 5.35. The summed E-state index contributed by atoms with van der Waals surface area (Å²) in [7, 11) is 0. The maximum atomic E-state index is 8.66. The fourth-order valence-electron chi connectivity index (χ4n) is 8.26. The lowest BCUT2D eigenvalue weighted by Gasteiger charge is -2.13. The van der Waals surface area contributed by atoms with Gasteiger partial charge in [0, 0.05) is 49.4 Å². The molecule has 0 aliphatic rings. The topological polar surface area (TPSA) is 14.8 Å². The van der Waals surface area contributed by atoms with Crippen molar-refractivity contribution in [3.63, 3.8) is 0 Å². The normalized spacial score (nSPS) is 12.7. The smallest absolute Gasteiger partial charge is 0.0788 e. The Morgan fingerprint density at radius 1 is 0.294 bits per heavy atom. The van der Waals surface area contributed by atoms with Gasteiger partial charge in [0.15, 0.2) is 0 Å². The van der Waals surface area contributed by atoms with E-state index in [0.29, 0.717) is 18.1 Å². The first-order chi connectivity index (χ1) is 26.5. The van der Waals surface area contributed by atoms with Crippen LogP contribution in [0, 0.1) is 0 Å². The molecule has 0 N–H and O–H groups in total. The number of aromatic nitrogens is 3. The van der Waals surface area contributed by atoms with Gasteiger partial charge in [0.1, 0.15) is 0 Å². The van der Waals surface area contributed by atoms with Crippen LogP contribution in [0.25, 0.3) is 93.6 Å². The monoisotopic (exact) mass is 652 g/mol. The molecule has 11 rings (SSSR count). The van der Waals surface area contributed by atoms with E-state index in [9.17, 15) is 0 Å². The first kappa shape index (κ1) is 25.2. The molecule has 0 unspecified atom stereocenters. The fourth-order valence-corrected chi connectivity index (χ4v) is 8.26. The van der Waals surface area contributed by atoms with Crippen LogP contribution >= 0.6 is 0 Å². The fraction of sp³-hybridized carbons (Fsp3) is 0. The van der Waals surface area contributed by atoms with Crippen molar-refractivity contribution in [2.75, 3.05) is 0 Å². The molecule has 0 aliphatic heterocycles. The predicted molar refractivity (Wildman–Crippen MR) is 215 cm³/mol. The third kappa shape index (κ3) is 4.06. The van der Waals surface area contributed by atoms with Gasteiger partial charge < -0.3 is 13.7 Å². The van der Waals surface area contributed by atoms with Crippen LogP contribution in [0.5, 0.6) is 0 Å². The van der Waals surface area contributed by atoms with Crippen LogP contribution in [0.3, 0.4) is 0 Å². The van der Waals surface area contributed by atoms with E-state index >= 15 is 0 Å². The van der Waals surface area contributed by atoms with E-state index in [1.54, 1.807) is 0 Å². The van der Waals surface area contributed by atoms with Crippen LogP contribution < -0.4 is 0 Å². The van der Waals surface area contributed by atoms with Crippen LogP contribution in [-0.4, -0.2) is 13.7 Å². The molecule has 0 bridgehead atoms. The SMILES string of the molecule is [2H]c1ccc2c(c1)c1cc(-n3c4ccc([2H])cc4c4ccc5c6cc([2H])ccc6n(-c6ccccc6)c5c43)ccc1n2-c1cccc(-c2ccccc2)c1. The molecule has 3 heteroatoms. The Hall–Kier alpha value is -6.84. The average Bonchev–Trinajstić information content (AvgIpc) is 3.83. The van der Waals surface area contributed by atoms with Crippen LogP contribution in [-0.2, 0) is 0 Å². The van der Waals surface area contributed by atoms with E-state index < -0.39 is 0 Å². The molecule has 0 amide bonds. The molecule has 0 fully saturated rings. The van der Waals surface area contributed by atoms with Crippen molar-refractivity contribution in [2.45, 2.75) is 0 Å². The molecule has 51 heavy (non-hydrogen) atoms. The van der Waals surface area contributed by atoms with Crippen LogP contribution in [0.2, 0.25) is 0 Å². The lowest BCUT2D eigenvalue weighted by Crippen LogP contribution is -1.99. The van der Waals surface area contributed by atoms with E-state index in [-0.39, 0.29) is 0 Å². The lowest BCUT2D eigenvalue weighted by atomic mass is 10.1. The second-order valence-corrected chi connectivity index (χ2v) is 13.1. The highest BCUT2D eigenvalue weighted by Gasteiger charge is 2.22. The zero-order valence-electron chi connectivity index (χ0n) is 30.5. The van der Waals surface area contributed by atoms with Crippen LogP contribution in [0.4, 0.5) is 0 Å². The molecular weight excluding hydrogens is 619 g/mol. The number of para-hydroxylation sites is 4. The van der Waals surface area contributed by atoms with Gasteiger partial charge in [-0.05, 0) is 71.8 Å². The molecule has 0 saturated heterocycles. The van der Waals surface area contributed by atoms with E-state index in [0.717, 1.165) is 93.6 Å². The van der Waals surface area contributed by atoms with Gasteiger partial charge in [0.25, 0.3) is 0 Å². The number of benzene rings is 8. The summed E-state index contributed by atoms with van der Waals surface area (Å²) in [6.07, 6.45) is 0. The largest absolute Gasteiger partial charge is 0.309 e. The van der Waals surface area contributed by atoms with Crippen LogP contribution in [0.1, 0.15) is 4.11 Å². The minimum Gasteiger partial charge on any atom is -0.309 e. The summed E-state index contributed by atoms with van der Waals surface area (Å²) < 4.78 is 32.8. The molecule has 11 aromatic rings. The van der Waals surface area contributed by atoms with Gasteiger partial charge in [-0.2, -0.15) is 0 Å². The van der Waals surface area contributed by atoms with Gasteiger partial charge in [-0.15, -0.1) is 0 Å². The van der Waals surface area contributed by atoms with Crippen molar-refractivity contribution >= 4 is 65.4 Å². The molecule has 0 atom stereocenters. The van der Waals surface area contributed by atoms with E-state index in [1.807, 2.05) is 48.5 Å². The highest BCUT2D eigenvalue weighted by Crippen LogP contribution is 2.43. The Labute approximate surface area is 298 Å². The summed E-state index contributed by atoms with van der Waals surface area (Å²) in [5.41, 5.74) is 11.7. The quantitative estimate of drug-likeness (QED) is 0.180. The Morgan fingerprint density at radius 2 is 0.784 bits per heavy atom. The molecule has 0 aliphatic carbocycles. The zero-order valence-corrected chi connectivity index (χ0v) is 27.5. The van der Waals surface area contributed by atoms with Gasteiger partial charge >= 0.3 is 0 Å². The molecule has 3 heterocycles. The molecule has 238 valence electrons. The summed E-state index contributed by atoms with van der Waals surface area (Å²) in [5.74, 6) is 0. The first-order valence-electron chi connectivity index (χ1n) is 18.8. The van der Waals surface area contributed by atoms with E-state index in [4.69, 9.17) is 4.11 Å². The molecule has 3 aromatic heterocycles. The Bertz CT molecular complexity index is 3300. The summed E-state index contributed by atoms with van der Waals surface area (Å²) >= 11 is 0. The second kappa shape index (κ2) is 10.8. The molecular formula is C48H31N3. The van der Waals surface area contributed by atoms with E-state index in [1.165, 1.54) is 0 Å². The standard InChI is InChI=1S/C48H31N3/c1-3-14-32(15-4-1)33-16-13-19-35(30-33)49-43-23-10-9-22-39(43)42-31-36(26-29-46(42)49)51-45-25-12-8-21-38(45)41-28-27-40-37-20-7-11-24-44(37)50(47(40)48(41)51)34-17-5-2-6-18-34/h1-31H/i7D,8D,9D. The number of hydrogen-bond acceptors (Lipinski definition) is 0. The summed E-state index contributed by atoms with van der Waals surface area (Å²) in [6, 6.07) is 59.6. The minimum atomic E-state index is 0.461. The van der Waals surface area contributed by atoms with Crippen molar-refractivity contribution in [3.05, 3.63) is 188 Å². The third-order valence-electron chi connectivity index (χ3n) is 10.4. The zero-order chi connectivity index (χ0) is 36.1. The van der Waals surface area contributed by atoms with Crippen molar-refractivity contribution < 1.29 is 4.11 Å². The number of hydrogen-bond donors (Lipinski definition) is 0. The highest BCUT2D eigenvalue weighted by molar-refractivity contribution is 6.24. The number of nitrogens with zero attached hydrogens (tertiary/aromatic N) is 3. The van der Waals surface area contributed by atoms with E-state index in [2.05, 4.69) is 135 Å². The molecule has 3 nitrogen and oxygen atoms in total. The van der Waals surface area contributed by atoms with Crippen LogP contribution in [0.15, 0.2) is 188 Å². The Morgan fingerprint density at radius 3 is 1.43 bits per heavy atom. The van der Waals surface area contributed by atoms with Gasteiger partial charge in [0.2, 0.25) is 0 Å². The number of fused-ring (bicyclic) bond motifs is 10. The maximum absolute atomic E-state index is 8.66. The molecule has 0 saturated carbocycles. The first-order valence-corrected chi connectivity index (χ1v) is 17.3. The number of rotatable bonds is 4. The molecule has 0 spiro atoms. The van der Waals surface area contributed by atoms with Gasteiger partial charge in [-0.3, -0.25) is 0 Å². The predicted octanol–water partition coefficient (Wildman–Crippen LogP) is 12.6. The summed E-state index contributed by atoms with van der Waals surface area (Å²) in [5, 5.41) is 6.25. The molecule has 0 radical (unpaired) electrons. The summed E-state index contributed by atoms with van der Waals surface area (Å²) in [6.45, 7) is 0. The average molecular weight is 653 g/mol. The lowest BCUT2D eigenvalue weighted by molar-refractivity contribution is 1.15. The summed E-state index contributed by atoms with van der Waals surface area (Å²) in [4.78, 5) is 0. The maximum Gasteiger partial charge on any atom is 0.0788 e. The Balaban J connectivity index is 1.25. The van der Waals surface area contributed by atoms with Crippen molar-refractivity contribution in [1.82, 2.24) is 13.7 Å². The van der Waals surface area contributed by atoms with Crippen molar-refractivity contribution in [3.8, 4) is 28.2 Å². The highest BCUT2D eigenvalue weighted by atomic mass is 15.0. The van der Waals surface area contributed by atoms with Gasteiger partial charge in [-0.25, -0.2) is 0 Å². The van der Waals surface area contributed by atoms with Crippen molar-refractivity contribution in [1.29, 1.82) is 0 Å². The third-order valence-corrected chi connectivity index (χ3v) is 10.4. The molecule has 8 aromatic carbocycles. The minimum absolute atomic E-state index is 0.461. The second-order valence-electron chi connectivity index (χ2n) is 13.1. The van der Waals surface area contributed by atoms with Crippen molar-refractivity contribution in [2.24, 2.45) is 0 Å². The van der Waals surface area contributed by atoms with Gasteiger partial charge in [0.05, 0.1) is 37.2 Å².